The van der Waals surface area contributed by atoms with E-state index in [4.69, 9.17) is 5.73 Å². The van der Waals surface area contributed by atoms with Crippen LogP contribution in [0.5, 0.6) is 0 Å². The van der Waals surface area contributed by atoms with Crippen molar-refractivity contribution in [3.63, 3.8) is 0 Å². The number of nitrogens with zero attached hydrogens (tertiary/aromatic N) is 1. The lowest BCUT2D eigenvalue weighted by Crippen LogP contribution is -2.24. The maximum absolute atomic E-state index is 12.1. The minimum atomic E-state index is -3.47. The Balaban J connectivity index is 3.45. The monoisotopic (exact) mass is 332 g/mol. The highest BCUT2D eigenvalue weighted by molar-refractivity contribution is 7.91. The van der Waals surface area contributed by atoms with E-state index < -0.39 is 9.84 Å². The molecule has 0 bridgehead atoms. The van der Waals surface area contributed by atoms with E-state index in [0.29, 0.717) is 22.8 Å². The largest absolute Gasteiger partial charge is 0.396 e. The first kappa shape index (κ1) is 18.0. The minimum Gasteiger partial charge on any atom is -0.396 e. The number of rotatable bonds is 8. The maximum atomic E-state index is 12.1. The van der Waals surface area contributed by atoms with Crippen LogP contribution in [0.2, 0.25) is 0 Å². The van der Waals surface area contributed by atoms with Crippen molar-refractivity contribution in [1.82, 2.24) is 0 Å². The van der Waals surface area contributed by atoms with Crippen LogP contribution < -0.4 is 10.6 Å². The molecule has 7 heteroatoms. The Morgan fingerprint density at radius 2 is 1.90 bits per heavy atom. The molecule has 0 aliphatic heterocycles. The zero-order valence-electron chi connectivity index (χ0n) is 13.1. The molecule has 0 radical (unpaired) electrons. The molecule has 1 rings (SSSR count). The molecular formula is C14H24N2O3S2. The van der Waals surface area contributed by atoms with Crippen LogP contribution >= 0.6 is 11.3 Å². The molecule has 0 amide bonds. The number of unbranched alkanes of at least 4 members (excludes halogenated alkanes) is 1. The molecule has 0 saturated carbocycles. The summed E-state index contributed by atoms with van der Waals surface area (Å²) in [5, 5.41) is 0.600. The molecule has 0 spiro atoms. The third-order valence-corrected chi connectivity index (χ3v) is 5.87. The summed E-state index contributed by atoms with van der Waals surface area (Å²) in [7, 11) is -3.47. The topological polar surface area (TPSA) is 80.5 Å². The normalized spacial score (nSPS) is 11.6. The number of hydrogen-bond acceptors (Lipinski definition) is 6. The molecule has 1 heterocycles. The second kappa shape index (κ2) is 7.26. The van der Waals surface area contributed by atoms with E-state index in [2.05, 4.69) is 6.92 Å². The number of carbonyl (C=O) groups excluding carboxylic acids is 1. The van der Waals surface area contributed by atoms with E-state index in [-0.39, 0.29) is 16.4 Å². The molecule has 0 aromatic carbocycles. The highest BCUT2D eigenvalue weighted by atomic mass is 32.2. The van der Waals surface area contributed by atoms with Gasteiger partial charge < -0.3 is 10.6 Å². The van der Waals surface area contributed by atoms with Crippen LogP contribution in [0, 0.1) is 0 Å². The summed E-state index contributed by atoms with van der Waals surface area (Å²) in [6.07, 6.45) is 3.44. The predicted octanol–water partition coefficient (Wildman–Crippen LogP) is 2.95. The zero-order valence-corrected chi connectivity index (χ0v) is 14.7. The number of hydrogen-bond donors (Lipinski definition) is 1. The van der Waals surface area contributed by atoms with Crippen molar-refractivity contribution in [3.8, 4) is 0 Å². The second-order valence-corrected chi connectivity index (χ2v) is 7.91. The summed E-state index contributed by atoms with van der Waals surface area (Å²) in [6, 6.07) is 0. The highest BCUT2D eigenvalue weighted by Gasteiger charge is 2.28. The van der Waals surface area contributed by atoms with Gasteiger partial charge in [-0.15, -0.1) is 11.3 Å². The van der Waals surface area contributed by atoms with E-state index in [1.807, 2.05) is 11.8 Å². The van der Waals surface area contributed by atoms with Crippen molar-refractivity contribution in [3.05, 3.63) is 4.88 Å². The first-order valence-corrected chi connectivity index (χ1v) is 9.89. The molecule has 2 N–H and O–H groups in total. The third-order valence-electron chi connectivity index (χ3n) is 3.28. The van der Waals surface area contributed by atoms with Crippen LogP contribution in [0.1, 0.15) is 49.7 Å². The molecule has 120 valence electrons. The van der Waals surface area contributed by atoms with Gasteiger partial charge in [-0.25, -0.2) is 8.42 Å². The summed E-state index contributed by atoms with van der Waals surface area (Å²) in [4.78, 5) is 14.4. The van der Waals surface area contributed by atoms with E-state index >= 15 is 0 Å². The molecule has 0 atom stereocenters. The number of anilines is 2. The van der Waals surface area contributed by atoms with Gasteiger partial charge in [-0.3, -0.25) is 4.79 Å². The standard InChI is InChI=1S/C14H24N2O3S2/c1-5-8-9-16(7-3)14-13(21(4,18)19)11(15)12(20-14)10(17)6-2/h5-9,15H2,1-4H3. The lowest BCUT2D eigenvalue weighted by atomic mass is 10.2. The van der Waals surface area contributed by atoms with Crippen molar-refractivity contribution in [2.75, 3.05) is 30.0 Å². The number of nitrogens with two attached hydrogens (primary N) is 1. The molecule has 1 aromatic rings. The Bertz CT molecular complexity index is 606. The van der Waals surface area contributed by atoms with Gasteiger partial charge in [0.1, 0.15) is 9.90 Å². The SMILES string of the molecule is CCCCN(CC)c1sc(C(=O)CC)c(N)c1S(C)(=O)=O. The van der Waals surface area contributed by atoms with Crippen LogP contribution in [0.25, 0.3) is 0 Å². The highest BCUT2D eigenvalue weighted by Crippen LogP contribution is 2.42. The smallest absolute Gasteiger partial charge is 0.180 e. The molecule has 0 fully saturated rings. The number of ketones is 1. The summed E-state index contributed by atoms with van der Waals surface area (Å²) in [5.74, 6) is -0.111. The number of sulfone groups is 1. The molecule has 5 nitrogen and oxygen atoms in total. The fourth-order valence-corrected chi connectivity index (χ4v) is 4.91. The Morgan fingerprint density at radius 3 is 2.33 bits per heavy atom. The summed E-state index contributed by atoms with van der Waals surface area (Å²) < 4.78 is 24.2. The molecule has 0 aliphatic carbocycles. The molecule has 21 heavy (non-hydrogen) atoms. The van der Waals surface area contributed by atoms with Gasteiger partial charge >= 0.3 is 0 Å². The third kappa shape index (κ3) is 3.97. The predicted molar refractivity (Wildman–Crippen MR) is 89.3 cm³/mol. The van der Waals surface area contributed by atoms with Crippen molar-refractivity contribution < 1.29 is 13.2 Å². The van der Waals surface area contributed by atoms with Crippen LogP contribution in [0.3, 0.4) is 0 Å². The molecule has 0 unspecified atom stereocenters. The summed E-state index contributed by atoms with van der Waals surface area (Å²) >= 11 is 1.20. The Labute approximate surface area is 131 Å². The first-order valence-electron chi connectivity index (χ1n) is 7.18. The van der Waals surface area contributed by atoms with Crippen LogP contribution in [-0.4, -0.2) is 33.5 Å². The zero-order chi connectivity index (χ0) is 16.2. The van der Waals surface area contributed by atoms with Crippen LogP contribution in [-0.2, 0) is 9.84 Å². The Hall–Kier alpha value is -1.08. The quantitative estimate of drug-likeness (QED) is 0.740. The van der Waals surface area contributed by atoms with E-state index in [1.165, 1.54) is 11.3 Å². The van der Waals surface area contributed by atoms with Crippen molar-refractivity contribution in [2.45, 2.75) is 44.9 Å². The van der Waals surface area contributed by atoms with Gasteiger partial charge in [-0.05, 0) is 13.3 Å². The van der Waals surface area contributed by atoms with Crippen molar-refractivity contribution in [1.29, 1.82) is 0 Å². The molecule has 1 aromatic heterocycles. The fraction of sp³-hybridized carbons (Fsp3) is 0.643. The molecule has 0 saturated heterocycles. The fourth-order valence-electron chi connectivity index (χ4n) is 2.10. The lowest BCUT2D eigenvalue weighted by Gasteiger charge is -2.22. The number of carbonyl (C=O) groups is 1. The number of nitrogen functional groups attached to an aromatic ring is 1. The Kier molecular flexibility index (Phi) is 6.22. The minimum absolute atomic E-state index is 0.110. The Morgan fingerprint density at radius 1 is 1.29 bits per heavy atom. The van der Waals surface area contributed by atoms with Gasteiger partial charge in [-0.2, -0.15) is 0 Å². The average molecular weight is 332 g/mol. The van der Waals surface area contributed by atoms with Crippen LogP contribution in [0.4, 0.5) is 10.7 Å². The van der Waals surface area contributed by atoms with Crippen molar-refractivity contribution >= 4 is 37.6 Å². The van der Waals surface area contributed by atoms with Gasteiger partial charge in [0.15, 0.2) is 15.6 Å². The first-order chi connectivity index (χ1) is 9.77. The van der Waals surface area contributed by atoms with E-state index in [9.17, 15) is 13.2 Å². The second-order valence-electron chi connectivity index (χ2n) is 4.96. The van der Waals surface area contributed by atoms with Gasteiger partial charge in [0.05, 0.1) is 10.6 Å². The van der Waals surface area contributed by atoms with Gasteiger partial charge in [0, 0.05) is 25.8 Å². The van der Waals surface area contributed by atoms with Crippen molar-refractivity contribution in [2.24, 2.45) is 0 Å². The molecular weight excluding hydrogens is 308 g/mol. The van der Waals surface area contributed by atoms with E-state index in [0.717, 1.165) is 25.6 Å². The van der Waals surface area contributed by atoms with Gasteiger partial charge in [0.25, 0.3) is 0 Å². The maximum Gasteiger partial charge on any atom is 0.180 e. The van der Waals surface area contributed by atoms with E-state index in [1.54, 1.807) is 6.92 Å². The van der Waals surface area contributed by atoms with Gasteiger partial charge in [0.2, 0.25) is 0 Å². The molecule has 0 aliphatic rings. The summed E-state index contributed by atoms with van der Waals surface area (Å²) in [5.41, 5.74) is 6.08. The van der Waals surface area contributed by atoms with Crippen LogP contribution in [0.15, 0.2) is 4.90 Å². The average Bonchev–Trinajstić information content (AvgIpc) is 2.76. The number of Topliss-reactive ketones (excluding diaryl/α,β-unsaturated/α-hetero) is 1. The lowest BCUT2D eigenvalue weighted by molar-refractivity contribution is 0.0992. The summed E-state index contributed by atoms with van der Waals surface area (Å²) in [6.45, 7) is 7.24. The number of thiophene rings is 1. The van der Waals surface area contributed by atoms with Gasteiger partial charge in [-0.1, -0.05) is 20.3 Å².